The first-order valence-electron chi connectivity index (χ1n) is 8.97. The summed E-state index contributed by atoms with van der Waals surface area (Å²) in [7, 11) is -4.41. The fraction of sp³-hybridized carbons (Fsp3) is 0.500. The van der Waals surface area contributed by atoms with Gasteiger partial charge in [0, 0.05) is 0 Å². The van der Waals surface area contributed by atoms with Crippen LogP contribution >= 0.6 is 0 Å². The Labute approximate surface area is 174 Å². The predicted octanol–water partition coefficient (Wildman–Crippen LogP) is 2.21. The van der Waals surface area contributed by atoms with Crippen molar-refractivity contribution in [2.75, 3.05) is 0 Å². The topological polar surface area (TPSA) is 57.2 Å². The van der Waals surface area contributed by atoms with E-state index < -0.39 is 10.1 Å². The van der Waals surface area contributed by atoms with Crippen LogP contribution in [0.4, 0.5) is 0 Å². The molecule has 0 fully saturated rings. The number of hydrogen-bond acceptors (Lipinski definition) is 3. The van der Waals surface area contributed by atoms with Crippen molar-refractivity contribution >= 4 is 20.9 Å². The van der Waals surface area contributed by atoms with E-state index in [0.717, 1.165) is 36.5 Å². The van der Waals surface area contributed by atoms with Gasteiger partial charge in [-0.2, -0.15) is 0 Å². The SMILES string of the molecule is CCCCCc1cc(CCCCC)c2ccc(S(=O)(=O)[O-])cc2c1.[Na+]. The number of unbranched alkanes of at least 4 members (excludes halogenated alkanes) is 4. The minimum atomic E-state index is -4.41. The van der Waals surface area contributed by atoms with Crippen LogP contribution in [0.2, 0.25) is 0 Å². The van der Waals surface area contributed by atoms with E-state index in [9.17, 15) is 13.0 Å². The van der Waals surface area contributed by atoms with E-state index in [1.165, 1.54) is 48.9 Å². The molecule has 0 bridgehead atoms. The monoisotopic (exact) mass is 370 g/mol. The Morgan fingerprint density at radius 3 is 2.12 bits per heavy atom. The van der Waals surface area contributed by atoms with E-state index in [4.69, 9.17) is 0 Å². The molecule has 0 radical (unpaired) electrons. The summed E-state index contributed by atoms with van der Waals surface area (Å²) in [5.41, 5.74) is 2.50. The van der Waals surface area contributed by atoms with Crippen molar-refractivity contribution in [2.24, 2.45) is 0 Å². The zero-order valence-corrected chi connectivity index (χ0v) is 18.5. The minimum absolute atomic E-state index is 0. The van der Waals surface area contributed by atoms with E-state index in [2.05, 4.69) is 19.9 Å². The van der Waals surface area contributed by atoms with E-state index in [1.807, 2.05) is 6.07 Å². The molecular weight excluding hydrogens is 343 g/mol. The molecule has 0 N–H and O–H groups in total. The molecular formula is C20H27NaO3S. The third-order valence-corrected chi connectivity index (χ3v) is 5.31. The summed E-state index contributed by atoms with van der Waals surface area (Å²) >= 11 is 0. The smallest absolute Gasteiger partial charge is 0.744 e. The van der Waals surface area contributed by atoms with Crippen molar-refractivity contribution in [2.45, 2.75) is 70.1 Å². The number of aryl methyl sites for hydroxylation is 2. The molecule has 0 aliphatic heterocycles. The molecule has 5 heteroatoms. The Morgan fingerprint density at radius 2 is 1.52 bits per heavy atom. The van der Waals surface area contributed by atoms with E-state index in [0.29, 0.717) is 0 Å². The van der Waals surface area contributed by atoms with Crippen molar-refractivity contribution in [3.8, 4) is 0 Å². The Balaban J connectivity index is 0.00000312. The second-order valence-electron chi connectivity index (χ2n) is 6.51. The van der Waals surface area contributed by atoms with Gasteiger partial charge < -0.3 is 4.55 Å². The van der Waals surface area contributed by atoms with Crippen LogP contribution in [0.1, 0.15) is 63.5 Å². The molecule has 2 aromatic rings. The van der Waals surface area contributed by atoms with Crippen molar-refractivity contribution in [1.29, 1.82) is 0 Å². The Kier molecular flexibility index (Phi) is 9.68. The molecule has 0 aliphatic rings. The molecule has 0 aliphatic carbocycles. The molecule has 0 unspecified atom stereocenters. The minimum Gasteiger partial charge on any atom is -0.744 e. The van der Waals surface area contributed by atoms with E-state index >= 15 is 0 Å². The maximum absolute atomic E-state index is 11.3. The van der Waals surface area contributed by atoms with Crippen LogP contribution in [-0.4, -0.2) is 13.0 Å². The molecule has 0 spiro atoms. The van der Waals surface area contributed by atoms with Gasteiger partial charge in [-0.15, -0.1) is 0 Å². The number of rotatable bonds is 9. The first-order valence-corrected chi connectivity index (χ1v) is 10.4. The molecule has 2 rings (SSSR count). The molecule has 0 saturated heterocycles. The zero-order valence-electron chi connectivity index (χ0n) is 15.7. The third kappa shape index (κ3) is 6.69. The van der Waals surface area contributed by atoms with Crippen LogP contribution in [-0.2, 0) is 23.0 Å². The van der Waals surface area contributed by atoms with Crippen LogP contribution in [0.5, 0.6) is 0 Å². The van der Waals surface area contributed by atoms with Crippen LogP contribution in [0.15, 0.2) is 35.2 Å². The molecule has 2 aromatic carbocycles. The van der Waals surface area contributed by atoms with Crippen LogP contribution in [0.25, 0.3) is 10.8 Å². The molecule has 0 aromatic heterocycles. The largest absolute Gasteiger partial charge is 1.00 e. The van der Waals surface area contributed by atoms with Gasteiger partial charge in [0.15, 0.2) is 0 Å². The second kappa shape index (κ2) is 10.7. The van der Waals surface area contributed by atoms with Gasteiger partial charge in [-0.25, -0.2) is 8.42 Å². The van der Waals surface area contributed by atoms with Gasteiger partial charge in [-0.05, 0) is 59.7 Å². The number of fused-ring (bicyclic) bond motifs is 1. The molecule has 25 heavy (non-hydrogen) atoms. The summed E-state index contributed by atoms with van der Waals surface area (Å²) in [4.78, 5) is -0.139. The first-order chi connectivity index (χ1) is 11.5. The van der Waals surface area contributed by atoms with Crippen molar-refractivity contribution in [1.82, 2.24) is 0 Å². The van der Waals surface area contributed by atoms with Crippen molar-refractivity contribution < 1.29 is 42.5 Å². The van der Waals surface area contributed by atoms with Gasteiger partial charge in [-0.3, -0.25) is 0 Å². The third-order valence-electron chi connectivity index (χ3n) is 4.48. The van der Waals surface area contributed by atoms with Crippen LogP contribution < -0.4 is 29.6 Å². The fourth-order valence-electron chi connectivity index (χ4n) is 3.15. The Bertz CT molecular complexity index is 785. The summed E-state index contributed by atoms with van der Waals surface area (Å²) in [6.45, 7) is 4.37. The number of hydrogen-bond donors (Lipinski definition) is 0. The molecule has 0 amide bonds. The van der Waals surface area contributed by atoms with Gasteiger partial charge in [0.05, 0.1) is 4.90 Å². The standard InChI is InChI=1S/C20H28O3S.Na/c1-3-5-7-9-16-13-17(10-8-6-4-2)20-12-11-19(24(21,22)23)15-18(20)14-16;/h11-15H,3-10H2,1-2H3,(H,21,22,23);/q;+1/p-1. The zero-order chi connectivity index (χ0) is 17.6. The Morgan fingerprint density at radius 1 is 0.880 bits per heavy atom. The second-order valence-corrected chi connectivity index (χ2v) is 7.89. The maximum Gasteiger partial charge on any atom is 1.00 e. The number of benzene rings is 2. The molecule has 3 nitrogen and oxygen atoms in total. The predicted molar refractivity (Wildman–Crippen MR) is 98.4 cm³/mol. The van der Waals surface area contributed by atoms with Gasteiger partial charge in [-0.1, -0.05) is 57.7 Å². The van der Waals surface area contributed by atoms with Gasteiger partial charge in [0.2, 0.25) is 0 Å². The summed E-state index contributed by atoms with van der Waals surface area (Å²) in [6, 6.07) is 9.06. The molecule has 0 atom stereocenters. The van der Waals surface area contributed by atoms with Crippen LogP contribution in [0.3, 0.4) is 0 Å². The van der Waals surface area contributed by atoms with Crippen molar-refractivity contribution in [3.63, 3.8) is 0 Å². The summed E-state index contributed by atoms with van der Waals surface area (Å²) in [5, 5.41) is 1.94. The van der Waals surface area contributed by atoms with Gasteiger partial charge in [0.1, 0.15) is 10.1 Å². The van der Waals surface area contributed by atoms with E-state index in [1.54, 1.807) is 6.07 Å². The first kappa shape index (κ1) is 22.7. The average Bonchev–Trinajstić information content (AvgIpc) is 2.54. The quantitative estimate of drug-likeness (QED) is 0.386. The van der Waals surface area contributed by atoms with E-state index in [-0.39, 0.29) is 34.5 Å². The fourth-order valence-corrected chi connectivity index (χ4v) is 3.65. The van der Waals surface area contributed by atoms with Gasteiger partial charge in [0.25, 0.3) is 0 Å². The molecule has 0 heterocycles. The molecule has 132 valence electrons. The molecule has 0 saturated carbocycles. The van der Waals surface area contributed by atoms with Crippen LogP contribution in [0, 0.1) is 0 Å². The normalized spacial score (nSPS) is 11.5. The average molecular weight is 370 g/mol. The summed E-state index contributed by atoms with van der Waals surface area (Å²) in [5.74, 6) is 0. The summed E-state index contributed by atoms with van der Waals surface area (Å²) < 4.78 is 33.9. The maximum atomic E-state index is 11.3. The summed E-state index contributed by atoms with van der Waals surface area (Å²) in [6.07, 6.45) is 8.99. The van der Waals surface area contributed by atoms with Crippen molar-refractivity contribution in [3.05, 3.63) is 41.5 Å². The Hall–Kier alpha value is -0.390. The van der Waals surface area contributed by atoms with Gasteiger partial charge >= 0.3 is 29.6 Å².